The Morgan fingerprint density at radius 2 is 0.568 bits per heavy atom. The van der Waals surface area contributed by atoms with Gasteiger partial charge < -0.3 is 33.8 Å². The molecule has 0 aromatic carbocycles. The normalized spacial score (nSPS) is 14.3. The first-order valence-electron chi connectivity index (χ1n) is 32.6. The third-order valence-corrected chi connectivity index (χ3v) is 16.2. The molecule has 0 aromatic rings. The number of carbonyl (C=O) groups excluding carboxylic acids is 4. The highest BCUT2D eigenvalue weighted by molar-refractivity contribution is 7.47. The molecule has 0 rings (SSSR count). The lowest BCUT2D eigenvalue weighted by atomic mass is 10.0. The largest absolute Gasteiger partial charge is 0.472 e. The van der Waals surface area contributed by atoms with E-state index < -0.39 is 97.5 Å². The number of hydrogen-bond donors (Lipinski definition) is 3. The highest BCUT2D eigenvalue weighted by atomic mass is 31.2. The number of esters is 4. The second-order valence-corrected chi connectivity index (χ2v) is 25.8. The molecule has 0 amide bonds. The summed E-state index contributed by atoms with van der Waals surface area (Å²) in [6.07, 6.45) is 40.2. The van der Waals surface area contributed by atoms with Crippen LogP contribution in [0.25, 0.3) is 0 Å². The molecule has 0 aliphatic heterocycles. The van der Waals surface area contributed by atoms with Gasteiger partial charge >= 0.3 is 39.5 Å². The number of aliphatic hydroxyl groups is 1. The Kier molecular flexibility index (Phi) is 54.6. The summed E-state index contributed by atoms with van der Waals surface area (Å²) in [6, 6.07) is 0. The zero-order valence-corrected chi connectivity index (χ0v) is 53.7. The van der Waals surface area contributed by atoms with Crippen LogP contribution < -0.4 is 0 Å². The Balaban J connectivity index is 4.97. The van der Waals surface area contributed by atoms with Gasteiger partial charge in [-0.3, -0.25) is 37.3 Å². The number of rotatable bonds is 62. The first kappa shape index (κ1) is 79.1. The van der Waals surface area contributed by atoms with E-state index in [9.17, 15) is 43.2 Å². The van der Waals surface area contributed by atoms with Gasteiger partial charge in [0.05, 0.1) is 26.4 Å². The summed E-state index contributed by atoms with van der Waals surface area (Å²) in [5, 5.41) is 10.5. The Morgan fingerprint density at radius 1 is 0.333 bits per heavy atom. The Labute approximate surface area is 492 Å². The van der Waals surface area contributed by atoms with Gasteiger partial charge in [0.25, 0.3) is 0 Å². The molecule has 0 saturated carbocycles. The first-order valence-corrected chi connectivity index (χ1v) is 35.6. The average molecular weight is 1200 g/mol. The fourth-order valence-electron chi connectivity index (χ4n) is 9.23. The monoisotopic (exact) mass is 1200 g/mol. The lowest BCUT2D eigenvalue weighted by Crippen LogP contribution is -2.30. The van der Waals surface area contributed by atoms with E-state index in [0.29, 0.717) is 31.6 Å². The molecule has 0 fully saturated rings. The van der Waals surface area contributed by atoms with Crippen molar-refractivity contribution in [1.29, 1.82) is 0 Å². The van der Waals surface area contributed by atoms with Gasteiger partial charge in [0.1, 0.15) is 19.3 Å². The summed E-state index contributed by atoms with van der Waals surface area (Å²) in [7, 11) is -9.86. The SMILES string of the molecule is CCCCCCCCCCCCCCCCCCCCCCCCC(=O)O[C@H](COC(=O)CCCCCCCCC(C)C)COP(=O)(O)OC[C@@H](O)COP(=O)(O)OC[C@@H](COC(=O)CCCCCCC)OC(=O)CCCCCCC. The third kappa shape index (κ3) is 56.9. The molecule has 0 bridgehead atoms. The summed E-state index contributed by atoms with van der Waals surface area (Å²) in [6.45, 7) is 6.90. The maximum absolute atomic E-state index is 13.0. The predicted octanol–water partition coefficient (Wildman–Crippen LogP) is 17.0. The van der Waals surface area contributed by atoms with Gasteiger partial charge in [0.15, 0.2) is 12.2 Å². The fraction of sp³-hybridized carbons (Fsp3) is 0.935. The van der Waals surface area contributed by atoms with E-state index in [0.717, 1.165) is 103 Å². The number of carbonyl (C=O) groups is 4. The molecule has 2 unspecified atom stereocenters. The summed E-state index contributed by atoms with van der Waals surface area (Å²) in [4.78, 5) is 71.5. The summed E-state index contributed by atoms with van der Waals surface area (Å²) in [5.74, 6) is -1.48. The highest BCUT2D eigenvalue weighted by Crippen LogP contribution is 2.45. The maximum atomic E-state index is 13.0. The molecule has 480 valence electrons. The number of ether oxygens (including phenoxy) is 4. The van der Waals surface area contributed by atoms with Crippen molar-refractivity contribution in [2.45, 2.75) is 329 Å². The Hall–Kier alpha value is -1.94. The minimum atomic E-state index is -4.94. The van der Waals surface area contributed by atoms with Crippen LogP contribution in [0, 0.1) is 5.92 Å². The van der Waals surface area contributed by atoms with Crippen molar-refractivity contribution in [2.75, 3.05) is 39.6 Å². The topological polar surface area (TPSA) is 237 Å². The summed E-state index contributed by atoms with van der Waals surface area (Å²) < 4.78 is 67.4. The van der Waals surface area contributed by atoms with E-state index >= 15 is 0 Å². The molecule has 17 nitrogen and oxygen atoms in total. The molecule has 0 aromatic heterocycles. The second-order valence-electron chi connectivity index (χ2n) is 22.9. The molecular formula is C62H120O17P2. The van der Waals surface area contributed by atoms with E-state index in [1.54, 1.807) is 0 Å². The van der Waals surface area contributed by atoms with Gasteiger partial charge in [0.2, 0.25) is 0 Å². The van der Waals surface area contributed by atoms with Crippen LogP contribution in [-0.2, 0) is 65.4 Å². The van der Waals surface area contributed by atoms with Crippen molar-refractivity contribution in [3.05, 3.63) is 0 Å². The standard InChI is InChI=1S/C62H120O17P2/c1-6-9-12-15-16-17-18-19-20-21-22-23-24-25-26-27-28-29-30-31-38-43-48-62(67)79-58(52-73-60(65)46-41-37-33-32-36-39-44-55(4)5)54-77-81(70,71)75-50-56(63)49-74-80(68,69)76-53-57(78-61(66)47-42-35-14-11-8-3)51-72-59(64)45-40-34-13-10-7-2/h55-58,63H,6-54H2,1-5H3,(H,68,69)(H,70,71)/t56-,57+,58+/m0/s1. The third-order valence-electron chi connectivity index (χ3n) is 14.3. The van der Waals surface area contributed by atoms with E-state index in [1.165, 1.54) is 122 Å². The zero-order chi connectivity index (χ0) is 59.9. The van der Waals surface area contributed by atoms with Crippen molar-refractivity contribution in [2.24, 2.45) is 5.92 Å². The van der Waals surface area contributed by atoms with Crippen molar-refractivity contribution in [3.8, 4) is 0 Å². The number of phosphoric ester groups is 2. The predicted molar refractivity (Wildman–Crippen MR) is 322 cm³/mol. The average Bonchev–Trinajstić information content (AvgIpc) is 3.43. The van der Waals surface area contributed by atoms with Crippen LogP contribution in [0.4, 0.5) is 0 Å². The molecule has 3 N–H and O–H groups in total. The lowest BCUT2D eigenvalue weighted by Gasteiger charge is -2.21. The summed E-state index contributed by atoms with van der Waals surface area (Å²) >= 11 is 0. The Morgan fingerprint density at radius 3 is 0.840 bits per heavy atom. The van der Waals surface area contributed by atoms with E-state index in [1.807, 2.05) is 0 Å². The zero-order valence-electron chi connectivity index (χ0n) is 51.9. The molecule has 5 atom stereocenters. The fourth-order valence-corrected chi connectivity index (χ4v) is 10.8. The van der Waals surface area contributed by atoms with Crippen LogP contribution in [0.1, 0.15) is 311 Å². The van der Waals surface area contributed by atoms with Crippen molar-refractivity contribution >= 4 is 39.5 Å². The van der Waals surface area contributed by atoms with E-state index in [-0.39, 0.29) is 25.7 Å². The van der Waals surface area contributed by atoms with Crippen LogP contribution in [0.3, 0.4) is 0 Å². The van der Waals surface area contributed by atoms with E-state index in [2.05, 4.69) is 34.6 Å². The van der Waals surface area contributed by atoms with Crippen molar-refractivity contribution in [3.63, 3.8) is 0 Å². The van der Waals surface area contributed by atoms with Gasteiger partial charge in [-0.2, -0.15) is 0 Å². The minimum absolute atomic E-state index is 0.0987. The van der Waals surface area contributed by atoms with Crippen molar-refractivity contribution < 1.29 is 80.2 Å². The van der Waals surface area contributed by atoms with Crippen LogP contribution >= 0.6 is 15.6 Å². The number of unbranched alkanes of at least 4 members (excludes halogenated alkanes) is 34. The van der Waals surface area contributed by atoms with Crippen LogP contribution in [-0.4, -0.2) is 96.7 Å². The number of hydrogen-bond acceptors (Lipinski definition) is 15. The molecule has 19 heteroatoms. The molecule has 0 heterocycles. The Bertz CT molecular complexity index is 1580. The molecule has 0 aliphatic carbocycles. The van der Waals surface area contributed by atoms with Gasteiger partial charge in [-0.1, -0.05) is 259 Å². The van der Waals surface area contributed by atoms with Crippen LogP contribution in [0.2, 0.25) is 0 Å². The second kappa shape index (κ2) is 55.9. The van der Waals surface area contributed by atoms with Crippen molar-refractivity contribution in [1.82, 2.24) is 0 Å². The smallest absolute Gasteiger partial charge is 0.462 e. The molecular weight excluding hydrogens is 1080 g/mol. The van der Waals surface area contributed by atoms with Gasteiger partial charge in [0, 0.05) is 25.7 Å². The summed E-state index contributed by atoms with van der Waals surface area (Å²) in [5.41, 5.74) is 0. The van der Waals surface area contributed by atoms with Crippen LogP contribution in [0.15, 0.2) is 0 Å². The number of phosphoric acid groups is 2. The highest BCUT2D eigenvalue weighted by Gasteiger charge is 2.30. The molecule has 0 radical (unpaired) electrons. The minimum Gasteiger partial charge on any atom is -0.462 e. The molecule has 81 heavy (non-hydrogen) atoms. The van der Waals surface area contributed by atoms with Crippen LogP contribution in [0.5, 0.6) is 0 Å². The lowest BCUT2D eigenvalue weighted by molar-refractivity contribution is -0.161. The van der Waals surface area contributed by atoms with Gasteiger partial charge in [-0.15, -0.1) is 0 Å². The van der Waals surface area contributed by atoms with Gasteiger partial charge in [-0.05, 0) is 31.6 Å². The molecule has 0 spiro atoms. The maximum Gasteiger partial charge on any atom is 0.472 e. The van der Waals surface area contributed by atoms with E-state index in [4.69, 9.17) is 37.0 Å². The quantitative estimate of drug-likeness (QED) is 0.0222. The number of aliphatic hydroxyl groups excluding tert-OH is 1. The first-order chi connectivity index (χ1) is 39.0. The molecule has 0 saturated heterocycles. The molecule has 0 aliphatic rings. The van der Waals surface area contributed by atoms with Gasteiger partial charge in [-0.25, -0.2) is 9.13 Å².